The second-order valence-electron chi connectivity index (χ2n) is 2.74. The van der Waals surface area contributed by atoms with Crippen molar-refractivity contribution in [1.82, 2.24) is 0 Å². The average Bonchev–Trinajstić information content (AvgIpc) is 2.15. The monoisotopic (exact) mass is 189 g/mol. The van der Waals surface area contributed by atoms with E-state index in [1.165, 1.54) is 0 Å². The molecule has 1 aromatic rings. The normalized spacial score (nSPS) is 8.43. The molecule has 0 aromatic heterocycles. The second kappa shape index (κ2) is 4.93. The third-order valence-electron chi connectivity index (χ3n) is 1.51. The number of hydrogen-bond acceptors (Lipinski definition) is 2. The van der Waals surface area contributed by atoms with E-state index < -0.39 is 6.09 Å². The summed E-state index contributed by atoms with van der Waals surface area (Å²) >= 11 is 0. The molecule has 0 saturated heterocycles. The lowest BCUT2D eigenvalue weighted by Crippen LogP contribution is -2.10. The predicted molar refractivity (Wildman–Crippen MR) is 54.7 cm³/mol. The smallest absolute Gasteiger partial charge is 0.356 e. The number of ether oxygens (including phenoxy) is 1. The van der Waals surface area contributed by atoms with Crippen molar-refractivity contribution in [2.75, 3.05) is 5.32 Å². The minimum Gasteiger partial charge on any atom is -0.356 e. The van der Waals surface area contributed by atoms with Gasteiger partial charge in [0, 0.05) is 12.6 Å². The molecule has 72 valence electrons. The molecule has 1 rings (SSSR count). The van der Waals surface area contributed by atoms with Gasteiger partial charge in [-0.1, -0.05) is 18.1 Å². The quantitative estimate of drug-likeness (QED) is 0.689. The highest BCUT2D eigenvalue weighted by Crippen LogP contribution is 2.09. The summed E-state index contributed by atoms with van der Waals surface area (Å²) in [4.78, 5) is 11.0. The van der Waals surface area contributed by atoms with Crippen LogP contribution < -0.4 is 5.32 Å². The van der Waals surface area contributed by atoms with Gasteiger partial charge in [-0.3, -0.25) is 5.32 Å². The van der Waals surface area contributed by atoms with Crippen molar-refractivity contribution < 1.29 is 9.53 Å². The van der Waals surface area contributed by atoms with Crippen molar-refractivity contribution in [3.8, 4) is 12.0 Å². The summed E-state index contributed by atoms with van der Waals surface area (Å²) in [5, 5.41) is 2.55. The lowest BCUT2D eigenvalue weighted by molar-refractivity contribution is 0.207. The van der Waals surface area contributed by atoms with E-state index >= 15 is 0 Å². The molecule has 1 aromatic carbocycles. The van der Waals surface area contributed by atoms with E-state index in [1.807, 2.05) is 25.1 Å². The highest BCUT2D eigenvalue weighted by atomic mass is 16.5. The summed E-state index contributed by atoms with van der Waals surface area (Å²) < 4.78 is 4.52. The second-order valence-corrected chi connectivity index (χ2v) is 2.74. The van der Waals surface area contributed by atoms with E-state index in [2.05, 4.69) is 22.1 Å². The first-order valence-corrected chi connectivity index (χ1v) is 4.18. The molecule has 0 atom stereocenters. The molecule has 14 heavy (non-hydrogen) atoms. The van der Waals surface area contributed by atoms with E-state index in [0.717, 1.165) is 5.56 Å². The lowest BCUT2D eigenvalue weighted by Gasteiger charge is -2.02. The van der Waals surface area contributed by atoms with Crippen molar-refractivity contribution >= 4 is 11.8 Å². The summed E-state index contributed by atoms with van der Waals surface area (Å²) in [6, 6.07) is 7.44. The van der Waals surface area contributed by atoms with Crippen LogP contribution in [0, 0.1) is 19.0 Å². The Morgan fingerprint density at radius 1 is 1.50 bits per heavy atom. The fraction of sp³-hybridized carbons (Fsp3) is 0.182. The number of carbonyl (C=O) groups is 1. The van der Waals surface area contributed by atoms with Crippen LogP contribution >= 0.6 is 0 Å². The molecule has 0 spiro atoms. The van der Waals surface area contributed by atoms with Gasteiger partial charge < -0.3 is 4.74 Å². The molecule has 0 fully saturated rings. The molecule has 1 N–H and O–H groups in total. The van der Waals surface area contributed by atoms with Crippen LogP contribution in [0.1, 0.15) is 12.5 Å². The van der Waals surface area contributed by atoms with Gasteiger partial charge >= 0.3 is 6.09 Å². The first kappa shape index (κ1) is 10.1. The fourth-order valence-electron chi connectivity index (χ4n) is 0.964. The number of benzene rings is 1. The van der Waals surface area contributed by atoms with Crippen LogP contribution in [0.2, 0.25) is 0 Å². The maximum absolute atomic E-state index is 11.0. The molecule has 0 heterocycles. The molecule has 3 nitrogen and oxygen atoms in total. The molecular formula is C11H11NO2. The Morgan fingerprint density at radius 3 is 2.93 bits per heavy atom. The van der Waals surface area contributed by atoms with Gasteiger partial charge in [-0.25, -0.2) is 4.79 Å². The standard InChI is InChI=1S/C11H11NO2/c1-3-7-14-11(13)12-10-6-4-5-9(2)8-10/h4-6,8H,1-2H3,(H,12,13). The number of nitrogens with one attached hydrogen (secondary N) is 1. The van der Waals surface area contributed by atoms with Gasteiger partial charge in [0.2, 0.25) is 0 Å². The number of aryl methyl sites for hydroxylation is 1. The minimum absolute atomic E-state index is 0.565. The SMILES string of the molecule is CC#COC(=O)Nc1cccc(C)c1. The molecular weight excluding hydrogens is 178 g/mol. The van der Waals surface area contributed by atoms with Crippen molar-refractivity contribution in [3.63, 3.8) is 0 Å². The molecule has 0 aliphatic heterocycles. The van der Waals surface area contributed by atoms with Crippen molar-refractivity contribution in [2.24, 2.45) is 0 Å². The molecule has 0 aliphatic carbocycles. The van der Waals surface area contributed by atoms with Crippen LogP contribution in [0.3, 0.4) is 0 Å². The number of rotatable bonds is 1. The molecule has 0 saturated carbocycles. The third kappa shape index (κ3) is 3.20. The lowest BCUT2D eigenvalue weighted by atomic mass is 10.2. The molecule has 0 aliphatic rings. The van der Waals surface area contributed by atoms with Gasteiger partial charge in [0.25, 0.3) is 0 Å². The van der Waals surface area contributed by atoms with Crippen molar-refractivity contribution in [1.29, 1.82) is 0 Å². The first-order valence-electron chi connectivity index (χ1n) is 4.18. The van der Waals surface area contributed by atoms with E-state index in [1.54, 1.807) is 13.0 Å². The molecule has 3 heteroatoms. The topological polar surface area (TPSA) is 38.3 Å². The molecule has 0 radical (unpaired) electrons. The summed E-state index contributed by atoms with van der Waals surface area (Å²) in [6.45, 7) is 3.54. The molecule has 0 unspecified atom stereocenters. The Labute approximate surface area is 83.1 Å². The van der Waals surface area contributed by atoms with Gasteiger partial charge in [-0.15, -0.1) is 0 Å². The zero-order valence-corrected chi connectivity index (χ0v) is 8.13. The van der Waals surface area contributed by atoms with Gasteiger partial charge in [-0.2, -0.15) is 0 Å². The third-order valence-corrected chi connectivity index (χ3v) is 1.51. The number of hydrogen-bond donors (Lipinski definition) is 1. The number of anilines is 1. The van der Waals surface area contributed by atoms with Gasteiger partial charge in [-0.05, 0) is 24.6 Å². The van der Waals surface area contributed by atoms with Crippen LogP contribution in [-0.2, 0) is 4.74 Å². The summed E-state index contributed by atoms with van der Waals surface area (Å²) in [5.74, 6) is 2.46. The predicted octanol–water partition coefficient (Wildman–Crippen LogP) is 2.52. The van der Waals surface area contributed by atoms with E-state index in [4.69, 9.17) is 0 Å². The molecule has 1 amide bonds. The van der Waals surface area contributed by atoms with Crippen molar-refractivity contribution in [2.45, 2.75) is 13.8 Å². The van der Waals surface area contributed by atoms with Gasteiger partial charge in [0.1, 0.15) is 6.11 Å². The first-order chi connectivity index (χ1) is 6.72. The van der Waals surface area contributed by atoms with Crippen LogP contribution in [0.4, 0.5) is 10.5 Å². The maximum Gasteiger partial charge on any atom is 0.425 e. The average molecular weight is 189 g/mol. The summed E-state index contributed by atoms with van der Waals surface area (Å²) in [5.41, 5.74) is 1.78. The summed E-state index contributed by atoms with van der Waals surface area (Å²) in [6.07, 6.45) is 1.66. The van der Waals surface area contributed by atoms with Crippen LogP contribution in [0.25, 0.3) is 0 Å². The van der Waals surface area contributed by atoms with E-state index in [-0.39, 0.29) is 0 Å². The Hall–Kier alpha value is -1.95. The highest BCUT2D eigenvalue weighted by Gasteiger charge is 2.00. The van der Waals surface area contributed by atoms with Gasteiger partial charge in [0.15, 0.2) is 0 Å². The van der Waals surface area contributed by atoms with E-state index in [0.29, 0.717) is 5.69 Å². The summed E-state index contributed by atoms with van der Waals surface area (Å²) in [7, 11) is 0. The Balaban J connectivity index is 2.59. The van der Waals surface area contributed by atoms with Crippen LogP contribution in [-0.4, -0.2) is 6.09 Å². The van der Waals surface area contributed by atoms with Gasteiger partial charge in [0.05, 0.1) is 0 Å². The Bertz CT molecular complexity index is 388. The minimum atomic E-state index is -0.565. The van der Waals surface area contributed by atoms with Crippen molar-refractivity contribution in [3.05, 3.63) is 29.8 Å². The maximum atomic E-state index is 11.0. The van der Waals surface area contributed by atoms with Crippen LogP contribution in [0.15, 0.2) is 24.3 Å². The Morgan fingerprint density at radius 2 is 2.29 bits per heavy atom. The highest BCUT2D eigenvalue weighted by molar-refractivity contribution is 5.85. The number of carbonyl (C=O) groups excluding carboxylic acids is 1. The van der Waals surface area contributed by atoms with Crippen LogP contribution in [0.5, 0.6) is 0 Å². The number of amides is 1. The zero-order valence-electron chi connectivity index (χ0n) is 8.13. The van der Waals surface area contributed by atoms with E-state index in [9.17, 15) is 4.79 Å². The fourth-order valence-corrected chi connectivity index (χ4v) is 0.964. The largest absolute Gasteiger partial charge is 0.425 e. The Kier molecular flexibility index (Phi) is 3.57. The molecule has 0 bridgehead atoms. The zero-order chi connectivity index (χ0) is 10.4.